The summed E-state index contributed by atoms with van der Waals surface area (Å²) < 4.78 is 26.7. The lowest BCUT2D eigenvalue weighted by atomic mass is 9.78. The van der Waals surface area contributed by atoms with E-state index in [0.717, 1.165) is 37.4 Å². The molecule has 0 radical (unpaired) electrons. The Balaban J connectivity index is 1.46. The lowest BCUT2D eigenvalue weighted by molar-refractivity contribution is -0.146. The Morgan fingerprint density at radius 3 is 2.66 bits per heavy atom. The molecule has 0 aliphatic carbocycles. The number of carbonyl (C=O) groups excluding carboxylic acids is 1. The molecule has 1 atom stereocenters. The van der Waals surface area contributed by atoms with E-state index < -0.39 is 17.0 Å². The molecule has 2 aromatic rings. The van der Waals surface area contributed by atoms with Crippen LogP contribution in [0.5, 0.6) is 0 Å². The highest BCUT2D eigenvalue weighted by molar-refractivity contribution is 5.84. The van der Waals surface area contributed by atoms with E-state index in [9.17, 15) is 18.8 Å². The number of hydrogen-bond donors (Lipinski definition) is 0. The average Bonchev–Trinajstić information content (AvgIpc) is 3.12. The zero-order valence-corrected chi connectivity index (χ0v) is 16.2. The minimum atomic E-state index is -0.884. The highest BCUT2D eigenvalue weighted by atomic mass is 19.2. The summed E-state index contributed by atoms with van der Waals surface area (Å²) >= 11 is 0. The van der Waals surface area contributed by atoms with E-state index >= 15 is 0 Å². The lowest BCUT2D eigenvalue weighted by Gasteiger charge is -2.39. The van der Waals surface area contributed by atoms with Crippen LogP contribution >= 0.6 is 0 Å². The van der Waals surface area contributed by atoms with E-state index in [-0.39, 0.29) is 5.91 Å². The first-order chi connectivity index (χ1) is 14.0. The predicted molar refractivity (Wildman–Crippen MR) is 104 cm³/mol. The topological polar surface area (TPSA) is 47.3 Å². The van der Waals surface area contributed by atoms with Crippen LogP contribution in [0.4, 0.5) is 8.78 Å². The quantitative estimate of drug-likeness (QED) is 0.790. The van der Waals surface area contributed by atoms with Gasteiger partial charge in [-0.05, 0) is 55.1 Å². The summed E-state index contributed by atoms with van der Waals surface area (Å²) in [5, 5.41) is 9.31. The Bertz CT molecular complexity index is 971. The van der Waals surface area contributed by atoms with E-state index in [0.29, 0.717) is 37.3 Å². The van der Waals surface area contributed by atoms with Gasteiger partial charge in [0, 0.05) is 26.2 Å². The number of hydrogen-bond acceptors (Lipinski definition) is 3. The summed E-state index contributed by atoms with van der Waals surface area (Å²) in [7, 11) is 0. The Morgan fingerprint density at radius 2 is 1.86 bits per heavy atom. The van der Waals surface area contributed by atoms with Gasteiger partial charge in [0.1, 0.15) is 0 Å². The smallest absolute Gasteiger partial charge is 0.230 e. The van der Waals surface area contributed by atoms with Crippen molar-refractivity contribution in [3.63, 3.8) is 0 Å². The van der Waals surface area contributed by atoms with E-state index in [2.05, 4.69) is 11.0 Å². The molecule has 2 saturated heterocycles. The molecular formula is C23H23F2N3O. The van der Waals surface area contributed by atoms with Gasteiger partial charge in [0.2, 0.25) is 5.91 Å². The summed E-state index contributed by atoms with van der Waals surface area (Å²) in [4.78, 5) is 17.3. The number of benzene rings is 2. The van der Waals surface area contributed by atoms with Gasteiger partial charge in [-0.3, -0.25) is 9.69 Å². The number of carbonyl (C=O) groups is 1. The normalized spacial score (nSPS) is 22.2. The van der Waals surface area contributed by atoms with Crippen LogP contribution in [0, 0.1) is 28.4 Å². The SMILES string of the molecule is N#Cc1ccccc1CN1CC[C@]2(CCCN(Cc3ccc(F)c(F)c3)C2=O)C1. The van der Waals surface area contributed by atoms with E-state index in [1.165, 1.54) is 12.1 Å². The van der Waals surface area contributed by atoms with Crippen molar-refractivity contribution in [2.45, 2.75) is 32.4 Å². The molecule has 4 nitrogen and oxygen atoms in total. The third-order valence-corrected chi connectivity index (χ3v) is 6.15. The Labute approximate surface area is 169 Å². The standard InChI is InChI=1S/C23H23F2N3O/c24-20-7-6-17(12-21(20)25)14-28-10-3-8-23(22(28)29)9-11-27(16-23)15-19-5-2-1-4-18(19)13-26/h1-2,4-7,12H,3,8-11,14-16H2/t23-/m1/s1. The van der Waals surface area contributed by atoms with E-state index in [1.54, 1.807) is 4.90 Å². The second-order valence-corrected chi connectivity index (χ2v) is 8.09. The van der Waals surface area contributed by atoms with Gasteiger partial charge in [0.05, 0.1) is 17.0 Å². The van der Waals surface area contributed by atoms with Crippen molar-refractivity contribution in [3.05, 3.63) is 70.8 Å². The maximum atomic E-state index is 13.5. The molecule has 0 unspecified atom stereocenters. The Morgan fingerprint density at radius 1 is 1.03 bits per heavy atom. The number of piperidine rings is 1. The van der Waals surface area contributed by atoms with E-state index in [4.69, 9.17) is 0 Å². The van der Waals surface area contributed by atoms with Crippen molar-refractivity contribution in [1.29, 1.82) is 5.26 Å². The van der Waals surface area contributed by atoms with Crippen molar-refractivity contribution in [3.8, 4) is 6.07 Å². The van der Waals surface area contributed by atoms with Gasteiger partial charge < -0.3 is 4.90 Å². The molecular weight excluding hydrogens is 372 g/mol. The minimum absolute atomic E-state index is 0.101. The Kier molecular flexibility index (Phi) is 5.33. The minimum Gasteiger partial charge on any atom is -0.338 e. The molecule has 2 aromatic carbocycles. The molecule has 2 aliphatic rings. The van der Waals surface area contributed by atoms with E-state index in [1.807, 2.05) is 24.3 Å². The van der Waals surface area contributed by atoms with Crippen LogP contribution < -0.4 is 0 Å². The van der Waals surface area contributed by atoms with Gasteiger partial charge >= 0.3 is 0 Å². The molecule has 0 bridgehead atoms. The van der Waals surface area contributed by atoms with Crippen molar-refractivity contribution >= 4 is 5.91 Å². The first-order valence-electron chi connectivity index (χ1n) is 9.94. The van der Waals surface area contributed by atoms with Gasteiger partial charge in [-0.1, -0.05) is 24.3 Å². The van der Waals surface area contributed by atoms with Gasteiger partial charge in [-0.15, -0.1) is 0 Å². The van der Waals surface area contributed by atoms with Crippen LogP contribution in [-0.2, 0) is 17.9 Å². The molecule has 1 amide bonds. The number of rotatable bonds is 4. The molecule has 0 saturated carbocycles. The predicted octanol–water partition coefficient (Wildman–Crippen LogP) is 3.85. The highest BCUT2D eigenvalue weighted by Crippen LogP contribution is 2.41. The van der Waals surface area contributed by atoms with Gasteiger partial charge in [0.15, 0.2) is 11.6 Å². The average molecular weight is 395 g/mol. The van der Waals surface area contributed by atoms with Crippen LogP contribution in [0.15, 0.2) is 42.5 Å². The van der Waals surface area contributed by atoms with Crippen molar-refractivity contribution in [2.24, 2.45) is 5.41 Å². The van der Waals surface area contributed by atoms with Crippen LogP contribution in [0.3, 0.4) is 0 Å². The van der Waals surface area contributed by atoms with Crippen LogP contribution in [-0.4, -0.2) is 35.3 Å². The number of nitrogens with zero attached hydrogens (tertiary/aromatic N) is 3. The van der Waals surface area contributed by atoms with Crippen molar-refractivity contribution < 1.29 is 13.6 Å². The third kappa shape index (κ3) is 3.88. The molecule has 150 valence electrons. The summed E-state index contributed by atoms with van der Waals surface area (Å²) in [6, 6.07) is 13.6. The molecule has 0 N–H and O–H groups in total. The monoisotopic (exact) mass is 395 g/mol. The zero-order chi connectivity index (χ0) is 20.4. The molecule has 2 fully saturated rings. The summed E-state index contributed by atoms with van der Waals surface area (Å²) in [5.74, 6) is -1.66. The fourth-order valence-corrected chi connectivity index (χ4v) is 4.64. The largest absolute Gasteiger partial charge is 0.338 e. The van der Waals surface area contributed by atoms with Gasteiger partial charge in [-0.2, -0.15) is 5.26 Å². The second-order valence-electron chi connectivity index (χ2n) is 8.09. The molecule has 2 aliphatic heterocycles. The van der Waals surface area contributed by atoms with Crippen LogP contribution in [0.2, 0.25) is 0 Å². The van der Waals surface area contributed by atoms with Gasteiger partial charge in [0.25, 0.3) is 0 Å². The molecule has 0 aromatic heterocycles. The molecule has 1 spiro atoms. The number of halogens is 2. The zero-order valence-electron chi connectivity index (χ0n) is 16.2. The van der Waals surface area contributed by atoms with Crippen LogP contribution in [0.1, 0.15) is 36.0 Å². The van der Waals surface area contributed by atoms with Crippen molar-refractivity contribution in [2.75, 3.05) is 19.6 Å². The number of amides is 1. The lowest BCUT2D eigenvalue weighted by Crippen LogP contribution is -2.49. The highest BCUT2D eigenvalue weighted by Gasteiger charge is 2.48. The molecule has 4 rings (SSSR count). The summed E-state index contributed by atoms with van der Waals surface area (Å²) in [5.41, 5.74) is 1.84. The maximum absolute atomic E-state index is 13.5. The fourth-order valence-electron chi connectivity index (χ4n) is 4.64. The first kappa shape index (κ1) is 19.5. The fraction of sp³-hybridized carbons (Fsp3) is 0.391. The first-order valence-corrected chi connectivity index (χ1v) is 9.94. The summed E-state index contributed by atoms with van der Waals surface area (Å²) in [6.07, 6.45) is 2.53. The van der Waals surface area contributed by atoms with Gasteiger partial charge in [-0.25, -0.2) is 8.78 Å². The third-order valence-electron chi connectivity index (χ3n) is 6.15. The maximum Gasteiger partial charge on any atom is 0.230 e. The molecule has 6 heteroatoms. The molecule has 29 heavy (non-hydrogen) atoms. The number of nitriles is 1. The molecule has 2 heterocycles. The number of likely N-dealkylation sites (tertiary alicyclic amines) is 2. The Hall–Kier alpha value is -2.78. The van der Waals surface area contributed by atoms with Crippen molar-refractivity contribution in [1.82, 2.24) is 9.80 Å². The van der Waals surface area contributed by atoms with Crippen LogP contribution in [0.25, 0.3) is 0 Å². The second kappa shape index (κ2) is 7.92. The summed E-state index contributed by atoms with van der Waals surface area (Å²) in [6.45, 7) is 3.07.